The van der Waals surface area contributed by atoms with Crippen LogP contribution in [-0.2, 0) is 15.1 Å². The molecule has 76 valence electrons. The first-order valence-corrected chi connectivity index (χ1v) is 4.48. The predicted octanol–water partition coefficient (Wildman–Crippen LogP) is 1.29. The quantitative estimate of drug-likeness (QED) is 0.735. The Kier molecular flexibility index (Phi) is 3.25. The van der Waals surface area contributed by atoms with Crippen molar-refractivity contribution in [2.24, 2.45) is 0 Å². The fourth-order valence-corrected chi connectivity index (χ4v) is 1.34. The highest BCUT2D eigenvalue weighted by Crippen LogP contribution is 2.21. The van der Waals surface area contributed by atoms with E-state index in [4.69, 9.17) is 4.74 Å². The lowest BCUT2D eigenvalue weighted by molar-refractivity contribution is -0.148. The van der Waals surface area contributed by atoms with E-state index in [9.17, 15) is 4.79 Å². The molecule has 1 unspecified atom stereocenters. The molecule has 3 nitrogen and oxygen atoms in total. The van der Waals surface area contributed by atoms with Gasteiger partial charge in [-0.1, -0.05) is 30.3 Å². The van der Waals surface area contributed by atoms with E-state index in [1.54, 1.807) is 14.0 Å². The maximum Gasteiger partial charge on any atom is 0.330 e. The topological polar surface area (TPSA) is 38.3 Å². The van der Waals surface area contributed by atoms with E-state index in [0.29, 0.717) is 0 Å². The monoisotopic (exact) mass is 193 g/mol. The third kappa shape index (κ3) is 1.77. The summed E-state index contributed by atoms with van der Waals surface area (Å²) in [5, 5.41) is 2.97. The largest absolute Gasteiger partial charge is 0.467 e. The number of carbonyl (C=O) groups excluding carboxylic acids is 1. The Labute approximate surface area is 84.1 Å². The van der Waals surface area contributed by atoms with Gasteiger partial charge in [0, 0.05) is 0 Å². The van der Waals surface area contributed by atoms with E-state index >= 15 is 0 Å². The van der Waals surface area contributed by atoms with Crippen LogP contribution in [0.15, 0.2) is 30.3 Å². The third-order valence-electron chi connectivity index (χ3n) is 2.44. The second kappa shape index (κ2) is 4.24. The summed E-state index contributed by atoms with van der Waals surface area (Å²) in [5.74, 6) is -0.286. The number of benzene rings is 1. The molecule has 0 amide bonds. The van der Waals surface area contributed by atoms with Gasteiger partial charge in [0.15, 0.2) is 0 Å². The zero-order valence-corrected chi connectivity index (χ0v) is 8.70. The predicted molar refractivity (Wildman–Crippen MR) is 54.9 cm³/mol. The Balaban J connectivity index is 3.08. The standard InChI is InChI=1S/C11H15NO2/c1-11(12-2,10(13)14-3)9-7-5-4-6-8-9/h4-8,12H,1-3H3. The van der Waals surface area contributed by atoms with Crippen LogP contribution in [0.5, 0.6) is 0 Å². The van der Waals surface area contributed by atoms with Crippen molar-refractivity contribution in [3.63, 3.8) is 0 Å². The molecule has 14 heavy (non-hydrogen) atoms. The molecule has 0 aromatic heterocycles. The van der Waals surface area contributed by atoms with Crippen molar-refractivity contribution < 1.29 is 9.53 Å². The fraction of sp³-hybridized carbons (Fsp3) is 0.364. The van der Waals surface area contributed by atoms with Gasteiger partial charge in [0.2, 0.25) is 0 Å². The number of esters is 1. The van der Waals surface area contributed by atoms with E-state index in [0.717, 1.165) is 5.56 Å². The van der Waals surface area contributed by atoms with Crippen molar-refractivity contribution in [2.45, 2.75) is 12.5 Å². The summed E-state index contributed by atoms with van der Waals surface area (Å²) in [6.45, 7) is 1.80. The molecular weight excluding hydrogens is 178 g/mol. The number of ether oxygens (including phenoxy) is 1. The lowest BCUT2D eigenvalue weighted by atomic mass is 9.92. The van der Waals surface area contributed by atoms with Crippen LogP contribution in [0, 0.1) is 0 Å². The SMILES string of the molecule is CNC(C)(C(=O)OC)c1ccccc1. The molecule has 1 rings (SSSR count). The first-order valence-electron chi connectivity index (χ1n) is 4.48. The number of nitrogens with one attached hydrogen (secondary N) is 1. The van der Waals surface area contributed by atoms with Crippen LogP contribution < -0.4 is 5.32 Å². The van der Waals surface area contributed by atoms with Gasteiger partial charge in [0.05, 0.1) is 7.11 Å². The normalized spacial score (nSPS) is 14.5. The van der Waals surface area contributed by atoms with Crippen LogP contribution in [0.25, 0.3) is 0 Å². The maximum absolute atomic E-state index is 11.6. The Hall–Kier alpha value is -1.35. The maximum atomic E-state index is 11.6. The Bertz CT molecular complexity index is 310. The molecule has 1 aromatic carbocycles. The number of rotatable bonds is 3. The summed E-state index contributed by atoms with van der Waals surface area (Å²) < 4.78 is 4.76. The molecule has 0 saturated heterocycles. The molecule has 1 atom stereocenters. The Morgan fingerprint density at radius 2 is 1.93 bits per heavy atom. The van der Waals surface area contributed by atoms with Crippen LogP contribution in [-0.4, -0.2) is 20.1 Å². The molecule has 0 aliphatic heterocycles. The molecule has 0 spiro atoms. The molecule has 0 radical (unpaired) electrons. The van der Waals surface area contributed by atoms with E-state index in [1.165, 1.54) is 7.11 Å². The lowest BCUT2D eigenvalue weighted by Crippen LogP contribution is -2.45. The first-order chi connectivity index (χ1) is 6.65. The van der Waals surface area contributed by atoms with Crippen molar-refractivity contribution >= 4 is 5.97 Å². The van der Waals surface area contributed by atoms with Crippen molar-refractivity contribution in [3.8, 4) is 0 Å². The van der Waals surface area contributed by atoms with E-state index in [2.05, 4.69) is 5.32 Å². The number of hydrogen-bond donors (Lipinski definition) is 1. The van der Waals surface area contributed by atoms with E-state index < -0.39 is 5.54 Å². The van der Waals surface area contributed by atoms with Crippen molar-refractivity contribution in [1.82, 2.24) is 5.32 Å². The van der Waals surface area contributed by atoms with Crippen molar-refractivity contribution in [3.05, 3.63) is 35.9 Å². The van der Waals surface area contributed by atoms with E-state index in [-0.39, 0.29) is 5.97 Å². The van der Waals surface area contributed by atoms with E-state index in [1.807, 2.05) is 30.3 Å². The smallest absolute Gasteiger partial charge is 0.330 e. The molecular formula is C11H15NO2. The highest BCUT2D eigenvalue weighted by molar-refractivity contribution is 5.82. The Morgan fingerprint density at radius 3 is 2.36 bits per heavy atom. The first kappa shape index (κ1) is 10.7. The second-order valence-electron chi connectivity index (χ2n) is 3.23. The van der Waals surface area contributed by atoms with Gasteiger partial charge in [-0.15, -0.1) is 0 Å². The minimum absolute atomic E-state index is 0.286. The molecule has 0 heterocycles. The van der Waals surface area contributed by atoms with Gasteiger partial charge in [-0.25, -0.2) is 4.79 Å². The number of likely N-dealkylation sites (N-methyl/N-ethyl adjacent to an activating group) is 1. The fourth-order valence-electron chi connectivity index (χ4n) is 1.34. The van der Waals surface area contributed by atoms with Crippen LogP contribution in [0.1, 0.15) is 12.5 Å². The Morgan fingerprint density at radius 1 is 1.36 bits per heavy atom. The number of hydrogen-bond acceptors (Lipinski definition) is 3. The molecule has 0 aliphatic carbocycles. The van der Waals surface area contributed by atoms with Gasteiger partial charge in [0.25, 0.3) is 0 Å². The van der Waals surface area contributed by atoms with Gasteiger partial charge >= 0.3 is 5.97 Å². The van der Waals surface area contributed by atoms with Crippen LogP contribution in [0.2, 0.25) is 0 Å². The van der Waals surface area contributed by atoms with Crippen LogP contribution >= 0.6 is 0 Å². The molecule has 0 aliphatic rings. The highest BCUT2D eigenvalue weighted by atomic mass is 16.5. The zero-order valence-electron chi connectivity index (χ0n) is 8.70. The molecule has 3 heteroatoms. The molecule has 0 fully saturated rings. The van der Waals surface area contributed by atoms with Crippen LogP contribution in [0.3, 0.4) is 0 Å². The summed E-state index contributed by atoms with van der Waals surface area (Å²) in [6, 6.07) is 9.50. The van der Waals surface area contributed by atoms with Gasteiger partial charge in [-0.2, -0.15) is 0 Å². The van der Waals surface area contributed by atoms with Crippen LogP contribution in [0.4, 0.5) is 0 Å². The van der Waals surface area contributed by atoms with Crippen molar-refractivity contribution in [1.29, 1.82) is 0 Å². The minimum atomic E-state index is -0.768. The van der Waals surface area contributed by atoms with Gasteiger partial charge in [-0.3, -0.25) is 0 Å². The summed E-state index contributed by atoms with van der Waals surface area (Å²) in [4.78, 5) is 11.6. The average Bonchev–Trinajstić information content (AvgIpc) is 2.28. The molecule has 0 bridgehead atoms. The van der Waals surface area contributed by atoms with Gasteiger partial charge in [0.1, 0.15) is 5.54 Å². The lowest BCUT2D eigenvalue weighted by Gasteiger charge is -2.26. The summed E-state index contributed by atoms with van der Waals surface area (Å²) >= 11 is 0. The zero-order chi connectivity index (χ0) is 10.6. The summed E-state index contributed by atoms with van der Waals surface area (Å²) in [6.07, 6.45) is 0. The molecule has 0 saturated carbocycles. The molecule has 1 N–H and O–H groups in total. The van der Waals surface area contributed by atoms with Gasteiger partial charge in [-0.05, 0) is 19.5 Å². The minimum Gasteiger partial charge on any atom is -0.467 e. The highest BCUT2D eigenvalue weighted by Gasteiger charge is 2.34. The number of methoxy groups -OCH3 is 1. The average molecular weight is 193 g/mol. The summed E-state index contributed by atoms with van der Waals surface area (Å²) in [5.41, 5.74) is 0.130. The third-order valence-corrected chi connectivity index (χ3v) is 2.44. The second-order valence-corrected chi connectivity index (χ2v) is 3.23. The van der Waals surface area contributed by atoms with Gasteiger partial charge < -0.3 is 10.1 Å². The molecule has 1 aromatic rings. The summed E-state index contributed by atoms with van der Waals surface area (Å²) in [7, 11) is 3.13. The number of carbonyl (C=O) groups is 1. The van der Waals surface area contributed by atoms with Crippen molar-refractivity contribution in [2.75, 3.05) is 14.2 Å².